The average Bonchev–Trinajstić information content (AvgIpc) is 2.47. The predicted molar refractivity (Wildman–Crippen MR) is 78.4 cm³/mol. The van der Waals surface area contributed by atoms with Gasteiger partial charge in [0.1, 0.15) is 0 Å². The lowest BCUT2D eigenvalue weighted by Gasteiger charge is -2.05. The molecule has 0 aliphatic heterocycles. The molecule has 0 aliphatic rings. The molecule has 0 spiro atoms. The molecule has 2 rings (SSSR count). The van der Waals surface area contributed by atoms with E-state index in [1.165, 1.54) is 7.05 Å². The fourth-order valence-electron chi connectivity index (χ4n) is 1.85. The third kappa shape index (κ3) is 3.91. The maximum Gasteiger partial charge on any atom is 0.211 e. The molecular weight excluding hydrogens is 258 g/mol. The Kier molecular flexibility index (Phi) is 4.35. The quantitative estimate of drug-likeness (QED) is 0.911. The van der Waals surface area contributed by atoms with Crippen molar-refractivity contribution in [2.45, 2.75) is 6.42 Å². The molecular formula is C15H17NO2S. The molecule has 0 radical (unpaired) electrons. The first-order chi connectivity index (χ1) is 9.11. The standard InChI is InChI=1S/C15H17NO2S/c1-16-19(17,18)12-11-13-7-9-15(10-8-13)14-5-3-2-4-6-14/h2-10,16H,11-12H2,1H3. The maximum absolute atomic E-state index is 11.3. The summed E-state index contributed by atoms with van der Waals surface area (Å²) < 4.78 is 25.0. The highest BCUT2D eigenvalue weighted by molar-refractivity contribution is 7.89. The molecule has 0 amide bonds. The third-order valence-corrected chi connectivity index (χ3v) is 4.40. The van der Waals surface area contributed by atoms with E-state index in [-0.39, 0.29) is 5.75 Å². The normalized spacial score (nSPS) is 11.4. The van der Waals surface area contributed by atoms with Crippen molar-refractivity contribution in [3.05, 3.63) is 60.2 Å². The van der Waals surface area contributed by atoms with Gasteiger partial charge in [-0.25, -0.2) is 13.1 Å². The highest BCUT2D eigenvalue weighted by Gasteiger charge is 2.07. The van der Waals surface area contributed by atoms with E-state index < -0.39 is 10.0 Å². The zero-order valence-corrected chi connectivity index (χ0v) is 11.7. The average molecular weight is 275 g/mol. The van der Waals surface area contributed by atoms with Crippen molar-refractivity contribution >= 4 is 10.0 Å². The fourth-order valence-corrected chi connectivity index (χ4v) is 2.56. The molecule has 2 aromatic carbocycles. The van der Waals surface area contributed by atoms with Crippen LogP contribution >= 0.6 is 0 Å². The summed E-state index contributed by atoms with van der Waals surface area (Å²) in [5.41, 5.74) is 3.33. The molecule has 3 nitrogen and oxygen atoms in total. The summed E-state index contributed by atoms with van der Waals surface area (Å²) in [5, 5.41) is 0. The highest BCUT2D eigenvalue weighted by Crippen LogP contribution is 2.19. The topological polar surface area (TPSA) is 46.2 Å². The highest BCUT2D eigenvalue weighted by atomic mass is 32.2. The largest absolute Gasteiger partial charge is 0.218 e. The molecule has 0 aromatic heterocycles. The van der Waals surface area contributed by atoms with Gasteiger partial charge in [0.05, 0.1) is 5.75 Å². The molecule has 0 unspecified atom stereocenters. The van der Waals surface area contributed by atoms with Crippen LogP contribution in [0.1, 0.15) is 5.56 Å². The van der Waals surface area contributed by atoms with Gasteiger partial charge < -0.3 is 0 Å². The van der Waals surface area contributed by atoms with Crippen LogP contribution in [0.5, 0.6) is 0 Å². The van der Waals surface area contributed by atoms with Gasteiger partial charge in [0.15, 0.2) is 0 Å². The van der Waals surface area contributed by atoms with E-state index in [1.807, 2.05) is 42.5 Å². The summed E-state index contributed by atoms with van der Waals surface area (Å²) in [5.74, 6) is 0.119. The number of hydrogen-bond acceptors (Lipinski definition) is 2. The second-order valence-electron chi connectivity index (χ2n) is 4.34. The third-order valence-electron chi connectivity index (χ3n) is 3.03. The van der Waals surface area contributed by atoms with Crippen LogP contribution in [0.4, 0.5) is 0 Å². The van der Waals surface area contributed by atoms with Gasteiger partial charge in [-0.05, 0) is 30.2 Å². The first kappa shape index (κ1) is 13.8. The first-order valence-corrected chi connectivity index (χ1v) is 7.81. The Labute approximate surface area is 114 Å². The predicted octanol–water partition coefficient (Wildman–Crippen LogP) is 2.45. The van der Waals surface area contributed by atoms with Gasteiger partial charge in [-0.15, -0.1) is 0 Å². The summed E-state index contributed by atoms with van der Waals surface area (Å²) in [6, 6.07) is 18.1. The van der Waals surface area contributed by atoms with Crippen molar-refractivity contribution in [2.75, 3.05) is 12.8 Å². The lowest BCUT2D eigenvalue weighted by Crippen LogP contribution is -2.23. The molecule has 0 saturated carbocycles. The number of benzene rings is 2. The molecule has 0 heterocycles. The lowest BCUT2D eigenvalue weighted by molar-refractivity contribution is 0.587. The minimum atomic E-state index is -3.13. The van der Waals surface area contributed by atoms with Crippen molar-refractivity contribution in [3.63, 3.8) is 0 Å². The Hall–Kier alpha value is -1.65. The van der Waals surface area contributed by atoms with Crippen molar-refractivity contribution < 1.29 is 8.42 Å². The molecule has 19 heavy (non-hydrogen) atoms. The molecule has 0 bridgehead atoms. The van der Waals surface area contributed by atoms with Crippen LogP contribution in [-0.2, 0) is 16.4 Å². The van der Waals surface area contributed by atoms with E-state index in [0.717, 1.165) is 16.7 Å². The molecule has 0 fully saturated rings. The lowest BCUT2D eigenvalue weighted by atomic mass is 10.0. The summed E-state index contributed by atoms with van der Waals surface area (Å²) in [6.45, 7) is 0. The minimum absolute atomic E-state index is 0.119. The van der Waals surface area contributed by atoms with Crippen LogP contribution in [0.3, 0.4) is 0 Å². The van der Waals surface area contributed by atoms with Gasteiger partial charge in [0.25, 0.3) is 0 Å². The second-order valence-corrected chi connectivity index (χ2v) is 6.38. The number of hydrogen-bond donors (Lipinski definition) is 1. The second kappa shape index (κ2) is 5.99. The van der Waals surface area contributed by atoms with Crippen LogP contribution in [0.15, 0.2) is 54.6 Å². The molecule has 0 aliphatic carbocycles. The van der Waals surface area contributed by atoms with Gasteiger partial charge in [-0.1, -0.05) is 54.6 Å². The number of aryl methyl sites for hydroxylation is 1. The molecule has 100 valence electrons. The SMILES string of the molecule is CNS(=O)(=O)CCc1ccc(-c2ccccc2)cc1. The summed E-state index contributed by atoms with van der Waals surface area (Å²) in [6.07, 6.45) is 0.526. The molecule has 2 aromatic rings. The Morgan fingerprint density at radius 2 is 1.47 bits per heavy atom. The van der Waals surface area contributed by atoms with E-state index >= 15 is 0 Å². The van der Waals surface area contributed by atoms with Crippen LogP contribution in [0, 0.1) is 0 Å². The molecule has 4 heteroatoms. The van der Waals surface area contributed by atoms with Crippen molar-refractivity contribution in [1.29, 1.82) is 0 Å². The molecule has 0 atom stereocenters. The zero-order valence-electron chi connectivity index (χ0n) is 10.8. The van der Waals surface area contributed by atoms with Crippen LogP contribution in [-0.4, -0.2) is 21.2 Å². The van der Waals surface area contributed by atoms with Crippen LogP contribution in [0.2, 0.25) is 0 Å². The summed E-state index contributed by atoms with van der Waals surface area (Å²) >= 11 is 0. The van der Waals surface area contributed by atoms with Gasteiger partial charge in [-0.3, -0.25) is 0 Å². The number of sulfonamides is 1. The van der Waals surface area contributed by atoms with E-state index in [4.69, 9.17) is 0 Å². The van der Waals surface area contributed by atoms with Gasteiger partial charge in [-0.2, -0.15) is 0 Å². The Morgan fingerprint density at radius 1 is 0.895 bits per heavy atom. The van der Waals surface area contributed by atoms with Crippen LogP contribution in [0.25, 0.3) is 11.1 Å². The molecule has 0 saturated heterocycles. The minimum Gasteiger partial charge on any atom is -0.218 e. The van der Waals surface area contributed by atoms with Crippen LogP contribution < -0.4 is 4.72 Å². The molecule has 1 N–H and O–H groups in total. The summed E-state index contributed by atoms with van der Waals surface area (Å²) in [7, 11) is -1.69. The van der Waals surface area contributed by atoms with E-state index in [2.05, 4.69) is 16.9 Å². The Morgan fingerprint density at radius 3 is 2.05 bits per heavy atom. The smallest absolute Gasteiger partial charge is 0.211 e. The Balaban J connectivity index is 2.07. The van der Waals surface area contributed by atoms with Crippen molar-refractivity contribution in [1.82, 2.24) is 4.72 Å². The monoisotopic (exact) mass is 275 g/mol. The first-order valence-electron chi connectivity index (χ1n) is 6.16. The zero-order chi connectivity index (χ0) is 13.7. The van der Waals surface area contributed by atoms with Gasteiger partial charge in [0.2, 0.25) is 10.0 Å². The number of nitrogens with one attached hydrogen (secondary N) is 1. The van der Waals surface area contributed by atoms with E-state index in [9.17, 15) is 8.42 Å². The van der Waals surface area contributed by atoms with E-state index in [1.54, 1.807) is 0 Å². The van der Waals surface area contributed by atoms with Gasteiger partial charge >= 0.3 is 0 Å². The van der Waals surface area contributed by atoms with E-state index in [0.29, 0.717) is 6.42 Å². The van der Waals surface area contributed by atoms with Gasteiger partial charge in [0, 0.05) is 0 Å². The Bertz CT molecular complexity index is 619. The fraction of sp³-hybridized carbons (Fsp3) is 0.200. The number of rotatable bonds is 5. The van der Waals surface area contributed by atoms with Crippen molar-refractivity contribution in [2.24, 2.45) is 0 Å². The van der Waals surface area contributed by atoms with Crippen molar-refractivity contribution in [3.8, 4) is 11.1 Å². The maximum atomic E-state index is 11.3. The summed E-state index contributed by atoms with van der Waals surface area (Å²) in [4.78, 5) is 0.